The van der Waals surface area contributed by atoms with Gasteiger partial charge in [0.2, 0.25) is 0 Å². The van der Waals surface area contributed by atoms with Crippen LogP contribution in [-0.4, -0.2) is 35.9 Å². The van der Waals surface area contributed by atoms with Crippen molar-refractivity contribution in [3.8, 4) is 0 Å². The maximum absolute atomic E-state index is 12.5. The molecule has 3 rings (SSSR count). The molecule has 0 atom stereocenters. The van der Waals surface area contributed by atoms with Gasteiger partial charge in [-0.2, -0.15) is 0 Å². The van der Waals surface area contributed by atoms with E-state index in [2.05, 4.69) is 10.3 Å². The molecule has 0 bridgehead atoms. The molecule has 0 unspecified atom stereocenters. The van der Waals surface area contributed by atoms with Gasteiger partial charge in [0.15, 0.2) is 0 Å². The number of anilines is 1. The highest BCUT2D eigenvalue weighted by Gasteiger charge is 2.32. The zero-order valence-corrected chi connectivity index (χ0v) is 11.4. The van der Waals surface area contributed by atoms with Gasteiger partial charge >= 0.3 is 0 Å². The summed E-state index contributed by atoms with van der Waals surface area (Å²) in [6.07, 6.45) is 6.84. The number of aromatic nitrogens is 1. The van der Waals surface area contributed by atoms with Crippen molar-refractivity contribution in [2.45, 2.75) is 25.7 Å². The number of nitrogens with zero attached hydrogens (tertiary/aromatic N) is 2. The van der Waals surface area contributed by atoms with Crippen LogP contribution in [-0.2, 0) is 0 Å². The molecule has 2 aliphatic rings. The maximum atomic E-state index is 12.5. The van der Waals surface area contributed by atoms with Crippen LogP contribution >= 0.6 is 0 Å². The molecule has 1 aromatic rings. The van der Waals surface area contributed by atoms with E-state index in [4.69, 9.17) is 0 Å². The summed E-state index contributed by atoms with van der Waals surface area (Å²) in [4.78, 5) is 18.8. The minimum Gasteiger partial charge on any atom is -0.387 e. The number of hydrogen-bond donors (Lipinski definition) is 1. The number of nitrogens with one attached hydrogen (secondary N) is 1. The molecule has 2 aliphatic carbocycles. The fraction of sp³-hybridized carbons (Fsp3) is 0.600. The lowest BCUT2D eigenvalue weighted by Crippen LogP contribution is -2.35. The number of carbonyl (C=O) groups excluding carboxylic acids is 1. The highest BCUT2D eigenvalue weighted by atomic mass is 16.2. The second-order valence-corrected chi connectivity index (χ2v) is 5.78. The summed E-state index contributed by atoms with van der Waals surface area (Å²) < 4.78 is 0. The number of carbonyl (C=O) groups is 1. The van der Waals surface area contributed by atoms with Gasteiger partial charge in [0.25, 0.3) is 5.91 Å². The summed E-state index contributed by atoms with van der Waals surface area (Å²) in [6.45, 7) is 1.84. The van der Waals surface area contributed by atoms with E-state index in [9.17, 15) is 4.79 Å². The van der Waals surface area contributed by atoms with Crippen molar-refractivity contribution in [3.05, 3.63) is 24.0 Å². The third-order valence-electron chi connectivity index (χ3n) is 3.91. The molecule has 4 nitrogen and oxygen atoms in total. The van der Waals surface area contributed by atoms with E-state index < -0.39 is 0 Å². The van der Waals surface area contributed by atoms with Crippen LogP contribution in [0.2, 0.25) is 0 Å². The predicted molar refractivity (Wildman–Crippen MR) is 75.1 cm³/mol. The van der Waals surface area contributed by atoms with Gasteiger partial charge in [-0.15, -0.1) is 0 Å². The van der Waals surface area contributed by atoms with Crippen LogP contribution in [0.1, 0.15) is 36.2 Å². The molecule has 1 heterocycles. The largest absolute Gasteiger partial charge is 0.387 e. The second kappa shape index (κ2) is 5.19. The Morgan fingerprint density at radius 3 is 2.32 bits per heavy atom. The molecule has 19 heavy (non-hydrogen) atoms. The lowest BCUT2D eigenvalue weighted by molar-refractivity contribution is 0.0733. The van der Waals surface area contributed by atoms with Gasteiger partial charge in [-0.25, -0.2) is 4.98 Å². The standard InChI is InChI=1S/C15H21N3O/c1-16-13-6-7-14(17-8-13)15(19)18(9-11-2-3-11)10-12-4-5-12/h6-8,11-12,16H,2-5,9-10H2,1H3. The van der Waals surface area contributed by atoms with Crippen LogP contribution in [0, 0.1) is 11.8 Å². The van der Waals surface area contributed by atoms with E-state index in [0.717, 1.165) is 30.6 Å². The molecule has 2 saturated carbocycles. The number of pyridine rings is 1. The van der Waals surface area contributed by atoms with Crippen molar-refractivity contribution in [2.75, 3.05) is 25.5 Å². The fourth-order valence-corrected chi connectivity index (χ4v) is 2.29. The third-order valence-corrected chi connectivity index (χ3v) is 3.91. The molecule has 4 heteroatoms. The van der Waals surface area contributed by atoms with Gasteiger partial charge in [0.05, 0.1) is 11.9 Å². The first kappa shape index (κ1) is 12.5. The van der Waals surface area contributed by atoms with Crippen LogP contribution in [0.5, 0.6) is 0 Å². The van der Waals surface area contributed by atoms with Crippen LogP contribution in [0.25, 0.3) is 0 Å². The fourth-order valence-electron chi connectivity index (χ4n) is 2.29. The molecule has 0 aliphatic heterocycles. The quantitative estimate of drug-likeness (QED) is 0.853. The Morgan fingerprint density at radius 1 is 1.26 bits per heavy atom. The van der Waals surface area contributed by atoms with Gasteiger partial charge < -0.3 is 10.2 Å². The van der Waals surface area contributed by atoms with Crippen molar-refractivity contribution < 1.29 is 4.79 Å². The van der Waals surface area contributed by atoms with Gasteiger partial charge in [0.1, 0.15) is 5.69 Å². The molecule has 2 fully saturated rings. The number of hydrogen-bond acceptors (Lipinski definition) is 3. The Kier molecular flexibility index (Phi) is 3.40. The molecule has 1 N–H and O–H groups in total. The Balaban J connectivity index is 1.69. The summed E-state index contributed by atoms with van der Waals surface area (Å²) in [5.41, 5.74) is 1.51. The lowest BCUT2D eigenvalue weighted by Gasteiger charge is -2.22. The highest BCUT2D eigenvalue weighted by molar-refractivity contribution is 5.92. The summed E-state index contributed by atoms with van der Waals surface area (Å²) in [5, 5.41) is 3.02. The van der Waals surface area contributed by atoms with E-state index in [1.807, 2.05) is 24.1 Å². The van der Waals surface area contributed by atoms with Crippen LogP contribution < -0.4 is 5.32 Å². The zero-order valence-electron chi connectivity index (χ0n) is 11.4. The Bertz CT molecular complexity index is 435. The average Bonchev–Trinajstić information content (AvgIpc) is 3.32. The third kappa shape index (κ3) is 3.25. The molecular formula is C15H21N3O. The van der Waals surface area contributed by atoms with E-state index in [1.165, 1.54) is 25.7 Å². The minimum atomic E-state index is 0.0986. The molecular weight excluding hydrogens is 238 g/mol. The van der Waals surface area contributed by atoms with Gasteiger partial charge in [-0.1, -0.05) is 0 Å². The van der Waals surface area contributed by atoms with Gasteiger partial charge in [-0.05, 0) is 49.7 Å². The average molecular weight is 259 g/mol. The predicted octanol–water partition coefficient (Wildman–Crippen LogP) is 2.39. The molecule has 102 valence electrons. The topological polar surface area (TPSA) is 45.2 Å². The molecule has 1 amide bonds. The van der Waals surface area contributed by atoms with E-state index >= 15 is 0 Å². The first-order valence-electron chi connectivity index (χ1n) is 7.19. The molecule has 0 spiro atoms. The Morgan fingerprint density at radius 2 is 1.89 bits per heavy atom. The number of rotatable bonds is 6. The zero-order chi connectivity index (χ0) is 13.2. The van der Waals surface area contributed by atoms with Crippen molar-refractivity contribution in [3.63, 3.8) is 0 Å². The summed E-state index contributed by atoms with van der Waals surface area (Å²) >= 11 is 0. The van der Waals surface area contributed by atoms with E-state index in [1.54, 1.807) is 6.20 Å². The molecule has 0 radical (unpaired) electrons. The second-order valence-electron chi connectivity index (χ2n) is 5.78. The van der Waals surface area contributed by atoms with E-state index in [-0.39, 0.29) is 5.91 Å². The molecule has 1 aromatic heterocycles. The van der Waals surface area contributed by atoms with Crippen molar-refractivity contribution in [1.29, 1.82) is 0 Å². The van der Waals surface area contributed by atoms with Crippen molar-refractivity contribution >= 4 is 11.6 Å². The Hall–Kier alpha value is -1.58. The summed E-state index contributed by atoms with van der Waals surface area (Å²) in [5.74, 6) is 1.57. The van der Waals surface area contributed by atoms with Gasteiger partial charge in [0, 0.05) is 20.1 Å². The van der Waals surface area contributed by atoms with Crippen LogP contribution in [0.3, 0.4) is 0 Å². The van der Waals surface area contributed by atoms with Crippen molar-refractivity contribution in [2.24, 2.45) is 11.8 Å². The number of amides is 1. The SMILES string of the molecule is CNc1ccc(C(=O)N(CC2CC2)CC2CC2)nc1. The maximum Gasteiger partial charge on any atom is 0.272 e. The van der Waals surface area contributed by atoms with Crippen molar-refractivity contribution in [1.82, 2.24) is 9.88 Å². The summed E-state index contributed by atoms with van der Waals surface area (Å²) in [6, 6.07) is 3.73. The van der Waals surface area contributed by atoms with Gasteiger partial charge in [-0.3, -0.25) is 4.79 Å². The minimum absolute atomic E-state index is 0.0986. The smallest absolute Gasteiger partial charge is 0.272 e. The first-order valence-corrected chi connectivity index (χ1v) is 7.19. The van der Waals surface area contributed by atoms with Crippen LogP contribution in [0.15, 0.2) is 18.3 Å². The lowest BCUT2D eigenvalue weighted by atomic mass is 10.2. The molecule has 0 aromatic carbocycles. The Labute approximate surface area is 114 Å². The monoisotopic (exact) mass is 259 g/mol. The highest BCUT2D eigenvalue weighted by Crippen LogP contribution is 2.34. The van der Waals surface area contributed by atoms with Crippen LogP contribution in [0.4, 0.5) is 5.69 Å². The molecule has 0 saturated heterocycles. The normalized spacial score (nSPS) is 18.2. The van der Waals surface area contributed by atoms with E-state index in [0.29, 0.717) is 5.69 Å². The first-order chi connectivity index (χ1) is 9.26. The summed E-state index contributed by atoms with van der Waals surface area (Å²) in [7, 11) is 1.85.